The Balaban J connectivity index is 1.93. The Morgan fingerprint density at radius 1 is 1.35 bits per heavy atom. The molecule has 0 aliphatic carbocycles. The predicted octanol–water partition coefficient (Wildman–Crippen LogP) is 1.60. The molecule has 0 bridgehead atoms. The number of rotatable bonds is 7. The third-order valence-corrected chi connectivity index (χ3v) is 2.88. The number of hydrogen-bond donors (Lipinski definition) is 1. The van der Waals surface area contributed by atoms with Gasteiger partial charge in [0.05, 0.1) is 6.61 Å². The van der Waals surface area contributed by atoms with E-state index in [-0.39, 0.29) is 25.9 Å². The van der Waals surface area contributed by atoms with Gasteiger partial charge in [0.25, 0.3) is 0 Å². The minimum absolute atomic E-state index is 0.143. The molecule has 1 aromatic rings. The van der Waals surface area contributed by atoms with Crippen molar-refractivity contribution >= 4 is 5.97 Å². The summed E-state index contributed by atoms with van der Waals surface area (Å²) < 4.78 is 21.0. The number of carbonyl (C=O) groups excluding carboxylic acids is 1. The zero-order valence-electron chi connectivity index (χ0n) is 11.5. The highest BCUT2D eigenvalue weighted by atomic mass is 16.7. The van der Waals surface area contributed by atoms with Crippen LogP contribution >= 0.6 is 0 Å². The van der Waals surface area contributed by atoms with E-state index in [9.17, 15) is 4.79 Å². The van der Waals surface area contributed by atoms with Crippen molar-refractivity contribution < 1.29 is 23.7 Å². The van der Waals surface area contributed by atoms with E-state index in [4.69, 9.17) is 24.7 Å². The molecule has 2 N–H and O–H groups in total. The van der Waals surface area contributed by atoms with Crippen molar-refractivity contribution in [2.75, 3.05) is 20.0 Å². The minimum atomic E-state index is -0.390. The molecule has 0 spiro atoms. The molecule has 0 amide bonds. The lowest BCUT2D eigenvalue weighted by Crippen LogP contribution is -2.16. The Hall–Kier alpha value is -1.95. The molecule has 1 aliphatic rings. The van der Waals surface area contributed by atoms with Crippen molar-refractivity contribution in [3.8, 4) is 17.2 Å². The van der Waals surface area contributed by atoms with Gasteiger partial charge in [-0.3, -0.25) is 0 Å². The highest BCUT2D eigenvalue weighted by molar-refractivity contribution is 5.71. The normalized spacial score (nSPS) is 12.3. The van der Waals surface area contributed by atoms with Gasteiger partial charge in [-0.25, -0.2) is 4.79 Å². The molecule has 1 aliphatic heterocycles. The van der Waals surface area contributed by atoms with Gasteiger partial charge in [-0.05, 0) is 12.5 Å². The van der Waals surface area contributed by atoms with Gasteiger partial charge in [0.1, 0.15) is 5.75 Å². The number of benzene rings is 1. The van der Waals surface area contributed by atoms with Gasteiger partial charge < -0.3 is 24.7 Å². The van der Waals surface area contributed by atoms with Crippen molar-refractivity contribution in [1.29, 1.82) is 0 Å². The molecule has 0 radical (unpaired) electrons. The van der Waals surface area contributed by atoms with E-state index in [1.165, 1.54) is 0 Å². The summed E-state index contributed by atoms with van der Waals surface area (Å²) in [5.41, 5.74) is 6.42. The summed E-state index contributed by atoms with van der Waals surface area (Å²) in [4.78, 5) is 11.5. The minimum Gasteiger partial charge on any atom is -0.481 e. The smallest absolute Gasteiger partial charge is 0.344 e. The molecule has 1 heterocycles. The fourth-order valence-corrected chi connectivity index (χ4v) is 1.77. The van der Waals surface area contributed by atoms with Crippen LogP contribution in [0.2, 0.25) is 0 Å². The summed E-state index contributed by atoms with van der Waals surface area (Å²) in [6.45, 7) is 2.78. The summed E-state index contributed by atoms with van der Waals surface area (Å²) in [5.74, 6) is 1.36. The molecule has 0 aromatic heterocycles. The summed E-state index contributed by atoms with van der Waals surface area (Å²) in [7, 11) is 0. The quantitative estimate of drug-likeness (QED) is 0.604. The average molecular weight is 281 g/mol. The maximum atomic E-state index is 11.5. The Morgan fingerprint density at radius 3 is 2.80 bits per heavy atom. The Morgan fingerprint density at radius 2 is 2.10 bits per heavy atom. The summed E-state index contributed by atoms with van der Waals surface area (Å²) in [6, 6.07) is 3.45. The van der Waals surface area contributed by atoms with Crippen LogP contribution in [0.5, 0.6) is 17.2 Å². The Kier molecular flexibility index (Phi) is 5.06. The molecular formula is C14H19NO5. The molecule has 0 atom stereocenters. The van der Waals surface area contributed by atoms with E-state index in [0.29, 0.717) is 23.9 Å². The van der Waals surface area contributed by atoms with Crippen LogP contribution in [-0.2, 0) is 16.1 Å². The maximum Gasteiger partial charge on any atom is 0.344 e. The van der Waals surface area contributed by atoms with Crippen LogP contribution in [0.15, 0.2) is 12.1 Å². The number of fused-ring (bicyclic) bond motifs is 1. The number of unbranched alkanes of at least 4 members (excludes halogenated alkanes) is 1. The van der Waals surface area contributed by atoms with Crippen molar-refractivity contribution in [3.05, 3.63) is 17.7 Å². The van der Waals surface area contributed by atoms with E-state index < -0.39 is 0 Å². The maximum absolute atomic E-state index is 11.5. The largest absolute Gasteiger partial charge is 0.481 e. The topological polar surface area (TPSA) is 80.0 Å². The fraction of sp³-hybridized carbons (Fsp3) is 0.500. The molecule has 6 nitrogen and oxygen atoms in total. The molecular weight excluding hydrogens is 262 g/mol. The van der Waals surface area contributed by atoms with E-state index in [1.807, 2.05) is 6.92 Å². The number of carbonyl (C=O) groups is 1. The molecule has 1 aromatic carbocycles. The van der Waals surface area contributed by atoms with Crippen LogP contribution < -0.4 is 19.9 Å². The molecule has 0 fully saturated rings. The van der Waals surface area contributed by atoms with Crippen LogP contribution in [0.3, 0.4) is 0 Å². The number of ether oxygens (including phenoxy) is 4. The monoisotopic (exact) mass is 281 g/mol. The zero-order valence-corrected chi connectivity index (χ0v) is 11.5. The first-order chi connectivity index (χ1) is 9.74. The molecule has 110 valence electrons. The highest BCUT2D eigenvalue weighted by Gasteiger charge is 2.18. The molecule has 0 saturated carbocycles. The summed E-state index contributed by atoms with van der Waals surface area (Å²) in [6.07, 6.45) is 1.83. The van der Waals surface area contributed by atoms with Crippen molar-refractivity contribution in [3.63, 3.8) is 0 Å². The lowest BCUT2D eigenvalue weighted by Gasteiger charge is -2.11. The predicted molar refractivity (Wildman–Crippen MR) is 71.8 cm³/mol. The second kappa shape index (κ2) is 7.00. The first kappa shape index (κ1) is 14.5. The van der Waals surface area contributed by atoms with Crippen LogP contribution in [0.4, 0.5) is 0 Å². The SMILES string of the molecule is CCCCOC(=O)COc1cc2c(cc1CN)OCO2. The molecule has 6 heteroatoms. The number of hydrogen-bond acceptors (Lipinski definition) is 6. The average Bonchev–Trinajstić information content (AvgIpc) is 2.91. The van der Waals surface area contributed by atoms with Gasteiger partial charge in [-0.15, -0.1) is 0 Å². The summed E-state index contributed by atoms with van der Waals surface area (Å²) in [5, 5.41) is 0. The first-order valence-electron chi connectivity index (χ1n) is 6.65. The second-order valence-corrected chi connectivity index (χ2v) is 4.38. The lowest BCUT2D eigenvalue weighted by atomic mass is 10.2. The van der Waals surface area contributed by atoms with E-state index in [2.05, 4.69) is 0 Å². The van der Waals surface area contributed by atoms with Crippen LogP contribution in [-0.4, -0.2) is 26.0 Å². The number of nitrogens with two attached hydrogens (primary N) is 1. The molecule has 2 rings (SSSR count). The van der Waals surface area contributed by atoms with Crippen LogP contribution in [0.25, 0.3) is 0 Å². The fourth-order valence-electron chi connectivity index (χ4n) is 1.77. The van der Waals surface area contributed by atoms with Crippen LogP contribution in [0.1, 0.15) is 25.3 Å². The second-order valence-electron chi connectivity index (χ2n) is 4.38. The van der Waals surface area contributed by atoms with Crippen molar-refractivity contribution in [2.45, 2.75) is 26.3 Å². The van der Waals surface area contributed by atoms with Gasteiger partial charge in [0.15, 0.2) is 18.1 Å². The Bertz CT molecular complexity index is 475. The van der Waals surface area contributed by atoms with Gasteiger partial charge in [0, 0.05) is 18.2 Å². The molecule has 20 heavy (non-hydrogen) atoms. The van der Waals surface area contributed by atoms with Crippen molar-refractivity contribution in [1.82, 2.24) is 0 Å². The Labute approximate surface area is 117 Å². The molecule has 0 unspecified atom stereocenters. The van der Waals surface area contributed by atoms with Gasteiger partial charge in [-0.2, -0.15) is 0 Å². The van der Waals surface area contributed by atoms with E-state index >= 15 is 0 Å². The molecule has 0 saturated heterocycles. The van der Waals surface area contributed by atoms with Crippen LogP contribution in [0, 0.1) is 0 Å². The van der Waals surface area contributed by atoms with Gasteiger partial charge in [-0.1, -0.05) is 13.3 Å². The summed E-state index contributed by atoms with van der Waals surface area (Å²) >= 11 is 0. The van der Waals surface area contributed by atoms with Crippen molar-refractivity contribution in [2.24, 2.45) is 5.73 Å². The zero-order chi connectivity index (χ0) is 14.4. The highest BCUT2D eigenvalue weighted by Crippen LogP contribution is 2.37. The van der Waals surface area contributed by atoms with Gasteiger partial charge in [0.2, 0.25) is 6.79 Å². The third kappa shape index (κ3) is 3.54. The third-order valence-electron chi connectivity index (χ3n) is 2.88. The standard InChI is InChI=1S/C14H19NO5/c1-2-3-4-17-14(16)8-18-11-6-13-12(19-9-20-13)5-10(11)7-15/h5-6H,2-4,7-9,15H2,1H3. The van der Waals surface area contributed by atoms with E-state index in [1.54, 1.807) is 12.1 Å². The number of esters is 1. The van der Waals surface area contributed by atoms with E-state index in [0.717, 1.165) is 18.4 Å². The lowest BCUT2D eigenvalue weighted by molar-refractivity contribution is -0.146. The first-order valence-corrected chi connectivity index (χ1v) is 6.65. The van der Waals surface area contributed by atoms with Gasteiger partial charge >= 0.3 is 5.97 Å².